The van der Waals surface area contributed by atoms with Crippen molar-refractivity contribution in [1.82, 2.24) is 5.32 Å². The molecule has 5 heteroatoms. The molecule has 2 atom stereocenters. The lowest BCUT2D eigenvalue weighted by atomic mass is 9.99. The van der Waals surface area contributed by atoms with Crippen LogP contribution in [0.2, 0.25) is 0 Å². The minimum Gasteiger partial charge on any atom is -0.367 e. The van der Waals surface area contributed by atoms with E-state index in [4.69, 9.17) is 4.74 Å². The van der Waals surface area contributed by atoms with Crippen LogP contribution in [0.25, 0.3) is 0 Å². The van der Waals surface area contributed by atoms with Crippen LogP contribution in [-0.2, 0) is 4.74 Å². The molecule has 0 spiro atoms. The molecule has 2 unspecified atom stereocenters. The fourth-order valence-electron chi connectivity index (χ4n) is 1.97. The van der Waals surface area contributed by atoms with Crippen LogP contribution >= 0.6 is 0 Å². The molecule has 0 amide bonds. The van der Waals surface area contributed by atoms with Crippen molar-refractivity contribution < 1.29 is 17.9 Å². The van der Waals surface area contributed by atoms with Crippen molar-refractivity contribution in [1.29, 1.82) is 0 Å². The van der Waals surface area contributed by atoms with Gasteiger partial charge in [-0.3, -0.25) is 0 Å². The highest BCUT2D eigenvalue weighted by Crippen LogP contribution is 2.24. The molecule has 0 saturated carbocycles. The fourth-order valence-corrected chi connectivity index (χ4v) is 1.97. The number of nitrogens with one attached hydrogen (secondary N) is 1. The molecule has 1 rings (SSSR count). The molecular formula is C16H24F3NO. The molecule has 1 aromatic rings. The summed E-state index contributed by atoms with van der Waals surface area (Å²) in [5, 5.41) is 3.16. The second-order valence-electron chi connectivity index (χ2n) is 5.45. The van der Waals surface area contributed by atoms with E-state index in [-0.39, 0.29) is 12.6 Å². The molecule has 0 aromatic heterocycles. The van der Waals surface area contributed by atoms with Crippen molar-refractivity contribution in [2.24, 2.45) is 0 Å². The van der Waals surface area contributed by atoms with Gasteiger partial charge in [0.05, 0.1) is 12.6 Å². The molecule has 0 aliphatic heterocycles. The first-order valence-electron chi connectivity index (χ1n) is 7.27. The maximum Gasteiger partial charge on any atom is 0.414 e. The number of alkyl halides is 3. The molecule has 0 radical (unpaired) electrons. The summed E-state index contributed by atoms with van der Waals surface area (Å²) in [5.74, 6) is 0.429. The van der Waals surface area contributed by atoms with Gasteiger partial charge in [-0.05, 0) is 30.5 Å². The molecule has 120 valence electrons. The van der Waals surface area contributed by atoms with Crippen LogP contribution in [0.1, 0.15) is 50.8 Å². The standard InChI is InChI=1S/C16H24F3NO/c1-5-20-15(10-21-12(4)16(17,18)19)14-8-6-13(7-9-14)11(2)3/h6-9,11-12,15,20H,5,10H2,1-4H3. The summed E-state index contributed by atoms with van der Waals surface area (Å²) in [7, 11) is 0. The number of ether oxygens (including phenoxy) is 1. The van der Waals surface area contributed by atoms with E-state index in [0.717, 1.165) is 12.5 Å². The highest BCUT2D eigenvalue weighted by Gasteiger charge is 2.37. The molecule has 0 fully saturated rings. The zero-order valence-electron chi connectivity index (χ0n) is 13.0. The minimum absolute atomic E-state index is 0.00442. The molecular weight excluding hydrogens is 279 g/mol. The molecule has 0 heterocycles. The Bertz CT molecular complexity index is 415. The van der Waals surface area contributed by atoms with E-state index in [0.29, 0.717) is 12.5 Å². The van der Waals surface area contributed by atoms with Gasteiger partial charge in [0.25, 0.3) is 0 Å². The Kier molecular flexibility index (Phi) is 6.68. The van der Waals surface area contributed by atoms with E-state index in [1.54, 1.807) is 0 Å². The van der Waals surface area contributed by atoms with E-state index in [9.17, 15) is 13.2 Å². The number of hydrogen-bond donors (Lipinski definition) is 1. The predicted molar refractivity (Wildman–Crippen MR) is 78.4 cm³/mol. The van der Waals surface area contributed by atoms with Crippen LogP contribution in [0.3, 0.4) is 0 Å². The van der Waals surface area contributed by atoms with Gasteiger partial charge in [-0.25, -0.2) is 0 Å². The second kappa shape index (κ2) is 7.80. The van der Waals surface area contributed by atoms with E-state index < -0.39 is 12.3 Å². The fraction of sp³-hybridized carbons (Fsp3) is 0.625. The monoisotopic (exact) mass is 303 g/mol. The molecule has 1 N–H and O–H groups in total. The van der Waals surface area contributed by atoms with Crippen LogP contribution in [0.15, 0.2) is 24.3 Å². The third kappa shape index (κ3) is 5.67. The van der Waals surface area contributed by atoms with Crippen molar-refractivity contribution in [2.75, 3.05) is 13.2 Å². The van der Waals surface area contributed by atoms with E-state index >= 15 is 0 Å². The average Bonchev–Trinajstić information content (AvgIpc) is 2.42. The lowest BCUT2D eigenvalue weighted by molar-refractivity contribution is -0.215. The third-order valence-electron chi connectivity index (χ3n) is 3.43. The van der Waals surface area contributed by atoms with Gasteiger partial charge in [-0.1, -0.05) is 45.0 Å². The first-order valence-corrected chi connectivity index (χ1v) is 7.27. The minimum atomic E-state index is -4.32. The molecule has 2 nitrogen and oxygen atoms in total. The third-order valence-corrected chi connectivity index (χ3v) is 3.43. The summed E-state index contributed by atoms with van der Waals surface area (Å²) in [6.07, 6.45) is -6.08. The molecule has 0 aliphatic carbocycles. The largest absolute Gasteiger partial charge is 0.414 e. The predicted octanol–water partition coefficient (Wildman–Crippen LogP) is 4.43. The summed E-state index contributed by atoms with van der Waals surface area (Å²) in [5.41, 5.74) is 2.15. The molecule has 0 aliphatic rings. The van der Waals surface area contributed by atoms with E-state index in [2.05, 4.69) is 19.2 Å². The van der Waals surface area contributed by atoms with Crippen LogP contribution < -0.4 is 5.32 Å². The van der Waals surface area contributed by atoms with Gasteiger partial charge in [-0.15, -0.1) is 0 Å². The number of hydrogen-bond acceptors (Lipinski definition) is 2. The first-order chi connectivity index (χ1) is 9.75. The van der Waals surface area contributed by atoms with Gasteiger partial charge >= 0.3 is 6.18 Å². The van der Waals surface area contributed by atoms with Crippen LogP contribution in [0, 0.1) is 0 Å². The zero-order chi connectivity index (χ0) is 16.0. The van der Waals surface area contributed by atoms with Gasteiger partial charge in [0.2, 0.25) is 0 Å². The van der Waals surface area contributed by atoms with Crippen molar-refractivity contribution in [3.63, 3.8) is 0 Å². The Morgan fingerprint density at radius 1 is 1.05 bits per heavy atom. The van der Waals surface area contributed by atoms with Gasteiger partial charge in [0.15, 0.2) is 6.10 Å². The Hall–Kier alpha value is -1.07. The van der Waals surface area contributed by atoms with Crippen molar-refractivity contribution >= 4 is 0 Å². The van der Waals surface area contributed by atoms with Crippen molar-refractivity contribution in [3.8, 4) is 0 Å². The molecule has 21 heavy (non-hydrogen) atoms. The molecule has 0 saturated heterocycles. The molecule has 1 aromatic carbocycles. The Morgan fingerprint density at radius 2 is 1.57 bits per heavy atom. The maximum atomic E-state index is 12.5. The number of rotatable bonds is 7. The SMILES string of the molecule is CCNC(COC(C)C(F)(F)F)c1ccc(C(C)C)cc1. The van der Waals surface area contributed by atoms with Crippen LogP contribution in [-0.4, -0.2) is 25.4 Å². The quantitative estimate of drug-likeness (QED) is 0.804. The highest BCUT2D eigenvalue weighted by atomic mass is 19.4. The van der Waals surface area contributed by atoms with Gasteiger partial charge in [0.1, 0.15) is 0 Å². The number of benzene rings is 1. The average molecular weight is 303 g/mol. The van der Waals surface area contributed by atoms with Gasteiger partial charge in [-0.2, -0.15) is 13.2 Å². The lowest BCUT2D eigenvalue weighted by Crippen LogP contribution is -2.33. The Balaban J connectivity index is 2.72. The normalized spacial score (nSPS) is 15.2. The first kappa shape index (κ1) is 18.0. The Labute approximate surface area is 124 Å². The van der Waals surface area contributed by atoms with Crippen molar-refractivity contribution in [3.05, 3.63) is 35.4 Å². The topological polar surface area (TPSA) is 21.3 Å². The Morgan fingerprint density at radius 3 is 2.00 bits per heavy atom. The zero-order valence-corrected chi connectivity index (χ0v) is 13.0. The van der Waals surface area contributed by atoms with Crippen LogP contribution in [0.5, 0.6) is 0 Å². The lowest BCUT2D eigenvalue weighted by Gasteiger charge is -2.23. The number of likely N-dealkylation sites (N-methyl/N-ethyl adjacent to an activating group) is 1. The molecule has 0 bridgehead atoms. The summed E-state index contributed by atoms with van der Waals surface area (Å²) >= 11 is 0. The maximum absolute atomic E-state index is 12.5. The summed E-state index contributed by atoms with van der Waals surface area (Å²) in [6, 6.07) is 7.69. The van der Waals surface area contributed by atoms with Crippen LogP contribution in [0.4, 0.5) is 13.2 Å². The van der Waals surface area contributed by atoms with Gasteiger partial charge < -0.3 is 10.1 Å². The number of halogens is 3. The van der Waals surface area contributed by atoms with E-state index in [1.807, 2.05) is 31.2 Å². The summed E-state index contributed by atoms with van der Waals surface area (Å²) < 4.78 is 42.4. The second-order valence-corrected chi connectivity index (χ2v) is 5.45. The van der Waals surface area contributed by atoms with Crippen molar-refractivity contribution in [2.45, 2.75) is 51.9 Å². The van der Waals surface area contributed by atoms with E-state index in [1.165, 1.54) is 5.56 Å². The smallest absolute Gasteiger partial charge is 0.367 e. The highest BCUT2D eigenvalue weighted by molar-refractivity contribution is 5.27. The van der Waals surface area contributed by atoms with Gasteiger partial charge in [0, 0.05) is 0 Å². The summed E-state index contributed by atoms with van der Waals surface area (Å²) in [4.78, 5) is 0. The summed E-state index contributed by atoms with van der Waals surface area (Å²) in [6.45, 7) is 7.82.